The molecule has 0 saturated carbocycles. The monoisotopic (exact) mass is 325 g/mol. The molecule has 3 nitrogen and oxygen atoms in total. The van der Waals surface area contributed by atoms with Gasteiger partial charge in [0.05, 0.1) is 0 Å². The highest BCUT2D eigenvalue weighted by Crippen LogP contribution is 2.21. The van der Waals surface area contributed by atoms with Crippen molar-refractivity contribution in [2.24, 2.45) is 0 Å². The summed E-state index contributed by atoms with van der Waals surface area (Å²) in [4.78, 5) is 15.2. The molecule has 1 N–H and O–H groups in total. The number of aromatic nitrogens is 1. The Balaban J connectivity index is 1.49. The number of halogens is 1. The lowest BCUT2D eigenvalue weighted by molar-refractivity contribution is -0.148. The summed E-state index contributed by atoms with van der Waals surface area (Å²) in [7, 11) is 0. The minimum absolute atomic E-state index is 0.230. The Morgan fingerprint density at radius 2 is 1.92 bits per heavy atom. The molecular formula is C20H20FNO2. The van der Waals surface area contributed by atoms with Crippen molar-refractivity contribution in [3.8, 4) is 0 Å². The van der Waals surface area contributed by atoms with E-state index in [1.807, 2.05) is 24.4 Å². The molecule has 0 bridgehead atoms. The van der Waals surface area contributed by atoms with E-state index in [0.29, 0.717) is 6.42 Å². The van der Waals surface area contributed by atoms with Crippen LogP contribution in [-0.4, -0.2) is 11.0 Å². The number of carbonyl (C=O) groups excluding carboxylic acids is 1. The normalized spacial score (nSPS) is 12.2. The summed E-state index contributed by atoms with van der Waals surface area (Å²) in [6, 6.07) is 14.1. The summed E-state index contributed by atoms with van der Waals surface area (Å²) >= 11 is 0. The Labute approximate surface area is 140 Å². The highest BCUT2D eigenvalue weighted by Gasteiger charge is 2.12. The van der Waals surface area contributed by atoms with Crippen LogP contribution in [0.15, 0.2) is 54.7 Å². The number of nitrogens with one attached hydrogen (secondary N) is 1. The predicted molar refractivity (Wildman–Crippen MR) is 92.1 cm³/mol. The second kappa shape index (κ2) is 7.30. The Morgan fingerprint density at radius 3 is 2.71 bits per heavy atom. The van der Waals surface area contributed by atoms with Crippen LogP contribution in [0.2, 0.25) is 0 Å². The van der Waals surface area contributed by atoms with E-state index in [9.17, 15) is 9.18 Å². The van der Waals surface area contributed by atoms with Gasteiger partial charge in [0.25, 0.3) is 0 Å². The zero-order valence-electron chi connectivity index (χ0n) is 13.6. The summed E-state index contributed by atoms with van der Waals surface area (Å²) in [5.41, 5.74) is 3.12. The van der Waals surface area contributed by atoms with Crippen LogP contribution in [-0.2, 0) is 16.0 Å². The number of hydrogen-bond donors (Lipinski definition) is 1. The van der Waals surface area contributed by atoms with Crippen LogP contribution in [0.1, 0.15) is 37.0 Å². The number of fused-ring (bicyclic) bond motifs is 1. The maximum atomic E-state index is 12.9. The van der Waals surface area contributed by atoms with Gasteiger partial charge in [-0.15, -0.1) is 0 Å². The average Bonchev–Trinajstić information content (AvgIpc) is 2.99. The van der Waals surface area contributed by atoms with Crippen molar-refractivity contribution in [1.29, 1.82) is 0 Å². The maximum absolute atomic E-state index is 12.9. The van der Waals surface area contributed by atoms with Crippen LogP contribution in [0.5, 0.6) is 0 Å². The van der Waals surface area contributed by atoms with Crippen LogP contribution in [0.3, 0.4) is 0 Å². The van der Waals surface area contributed by atoms with Gasteiger partial charge in [0.2, 0.25) is 0 Å². The molecule has 0 saturated heterocycles. The quantitative estimate of drug-likeness (QED) is 0.653. The molecule has 2 aromatic carbocycles. The molecule has 0 unspecified atom stereocenters. The van der Waals surface area contributed by atoms with Gasteiger partial charge in [0.1, 0.15) is 11.9 Å². The largest absolute Gasteiger partial charge is 0.458 e. The molecule has 24 heavy (non-hydrogen) atoms. The summed E-state index contributed by atoms with van der Waals surface area (Å²) in [5, 5.41) is 1.20. The third-order valence-electron chi connectivity index (χ3n) is 4.15. The molecule has 0 aliphatic carbocycles. The van der Waals surface area contributed by atoms with Crippen molar-refractivity contribution in [1.82, 2.24) is 4.98 Å². The third-order valence-corrected chi connectivity index (χ3v) is 4.15. The van der Waals surface area contributed by atoms with E-state index in [4.69, 9.17) is 4.74 Å². The van der Waals surface area contributed by atoms with Crippen molar-refractivity contribution < 1.29 is 13.9 Å². The first-order chi connectivity index (χ1) is 11.6. The van der Waals surface area contributed by atoms with Gasteiger partial charge in [-0.25, -0.2) is 4.39 Å². The summed E-state index contributed by atoms with van der Waals surface area (Å²) in [6.45, 7) is 1.80. The highest BCUT2D eigenvalue weighted by atomic mass is 19.1. The minimum Gasteiger partial charge on any atom is -0.458 e. The predicted octanol–water partition coefficient (Wildman–Crippen LogP) is 4.93. The van der Waals surface area contributed by atoms with E-state index in [0.717, 1.165) is 23.9 Å². The van der Waals surface area contributed by atoms with Gasteiger partial charge in [-0.3, -0.25) is 4.79 Å². The summed E-state index contributed by atoms with van der Waals surface area (Å²) < 4.78 is 18.3. The topological polar surface area (TPSA) is 42.1 Å². The molecule has 124 valence electrons. The molecule has 0 spiro atoms. The van der Waals surface area contributed by atoms with Gasteiger partial charge in [0.15, 0.2) is 0 Å². The van der Waals surface area contributed by atoms with Gasteiger partial charge in [-0.05, 0) is 49.1 Å². The lowest BCUT2D eigenvalue weighted by Crippen LogP contribution is -2.09. The third kappa shape index (κ3) is 3.82. The van der Waals surface area contributed by atoms with E-state index >= 15 is 0 Å². The molecule has 0 radical (unpaired) electrons. The van der Waals surface area contributed by atoms with Crippen molar-refractivity contribution >= 4 is 16.9 Å². The number of H-pyrrole nitrogens is 1. The second-order valence-electron chi connectivity index (χ2n) is 5.90. The molecule has 0 aliphatic heterocycles. The Morgan fingerprint density at radius 1 is 1.17 bits per heavy atom. The first-order valence-corrected chi connectivity index (χ1v) is 8.13. The number of esters is 1. The van der Waals surface area contributed by atoms with E-state index in [1.165, 1.54) is 23.1 Å². The lowest BCUT2D eigenvalue weighted by Gasteiger charge is -2.13. The fourth-order valence-electron chi connectivity index (χ4n) is 2.82. The second-order valence-corrected chi connectivity index (χ2v) is 5.90. The molecule has 0 aliphatic rings. The fourth-order valence-corrected chi connectivity index (χ4v) is 2.82. The Hall–Kier alpha value is -2.62. The number of hydrogen-bond acceptors (Lipinski definition) is 2. The SMILES string of the molecule is C[C@H](OC(=O)CCCc1c[nH]c2ccccc12)c1ccc(F)cc1. The van der Waals surface area contributed by atoms with Gasteiger partial charge in [-0.1, -0.05) is 30.3 Å². The van der Waals surface area contributed by atoms with Crippen LogP contribution >= 0.6 is 0 Å². The van der Waals surface area contributed by atoms with Crippen LogP contribution in [0.25, 0.3) is 10.9 Å². The summed E-state index contributed by atoms with van der Waals surface area (Å²) in [6.07, 6.45) is 3.55. The Bertz CT molecular complexity index is 823. The molecule has 3 rings (SSSR count). The van der Waals surface area contributed by atoms with Gasteiger partial charge >= 0.3 is 5.97 Å². The van der Waals surface area contributed by atoms with E-state index < -0.39 is 0 Å². The van der Waals surface area contributed by atoms with E-state index in [1.54, 1.807) is 19.1 Å². The van der Waals surface area contributed by atoms with Crippen molar-refractivity contribution in [2.75, 3.05) is 0 Å². The van der Waals surface area contributed by atoms with Crippen LogP contribution < -0.4 is 0 Å². The molecular weight excluding hydrogens is 305 g/mol. The molecule has 1 heterocycles. The van der Waals surface area contributed by atoms with Crippen LogP contribution in [0, 0.1) is 5.82 Å². The maximum Gasteiger partial charge on any atom is 0.306 e. The number of aryl methyl sites for hydroxylation is 1. The number of aromatic amines is 1. The van der Waals surface area contributed by atoms with Crippen molar-refractivity contribution in [3.05, 3.63) is 71.7 Å². The first kappa shape index (κ1) is 16.2. The highest BCUT2D eigenvalue weighted by molar-refractivity contribution is 5.83. The Kier molecular flexibility index (Phi) is 4.94. The minimum atomic E-state index is -0.369. The van der Waals surface area contributed by atoms with Crippen molar-refractivity contribution in [2.45, 2.75) is 32.3 Å². The van der Waals surface area contributed by atoms with Gasteiger partial charge < -0.3 is 9.72 Å². The first-order valence-electron chi connectivity index (χ1n) is 8.13. The summed E-state index contributed by atoms with van der Waals surface area (Å²) in [5.74, 6) is -0.525. The van der Waals surface area contributed by atoms with Gasteiger partial charge in [0, 0.05) is 23.5 Å². The number of ether oxygens (including phenoxy) is 1. The molecule has 1 aromatic heterocycles. The van der Waals surface area contributed by atoms with Gasteiger partial charge in [-0.2, -0.15) is 0 Å². The fraction of sp³-hybridized carbons (Fsp3) is 0.250. The molecule has 4 heteroatoms. The smallest absolute Gasteiger partial charge is 0.306 e. The van der Waals surface area contributed by atoms with E-state index in [-0.39, 0.29) is 17.9 Å². The average molecular weight is 325 g/mol. The number of carbonyl (C=O) groups is 1. The molecule has 0 amide bonds. The lowest BCUT2D eigenvalue weighted by atomic mass is 10.1. The molecule has 3 aromatic rings. The number of benzene rings is 2. The number of para-hydroxylation sites is 1. The van der Waals surface area contributed by atoms with Crippen LogP contribution in [0.4, 0.5) is 4.39 Å². The zero-order valence-corrected chi connectivity index (χ0v) is 13.6. The van der Waals surface area contributed by atoms with Crippen molar-refractivity contribution in [3.63, 3.8) is 0 Å². The zero-order chi connectivity index (χ0) is 16.9. The standard InChI is InChI=1S/C20H20FNO2/c1-14(15-9-11-17(21)12-10-15)24-20(23)8-4-5-16-13-22-19-7-3-2-6-18(16)19/h2-3,6-7,9-14,22H,4-5,8H2,1H3/t14-/m0/s1. The number of rotatable bonds is 6. The molecule has 0 fully saturated rings. The molecule has 1 atom stereocenters. The van der Waals surface area contributed by atoms with E-state index in [2.05, 4.69) is 11.1 Å².